The van der Waals surface area contributed by atoms with Crippen molar-refractivity contribution >= 4 is 5.91 Å². The second-order valence-electron chi connectivity index (χ2n) is 5.84. The smallest absolute Gasteiger partial charge is 0.265 e. The van der Waals surface area contributed by atoms with Crippen molar-refractivity contribution in [1.29, 1.82) is 0 Å². The summed E-state index contributed by atoms with van der Waals surface area (Å²) in [5.74, 6) is -0.0134. The monoisotopic (exact) mass is 294 g/mol. The van der Waals surface area contributed by atoms with Crippen molar-refractivity contribution < 1.29 is 4.79 Å². The molecule has 0 radical (unpaired) electrons. The van der Waals surface area contributed by atoms with E-state index in [9.17, 15) is 4.79 Å². The molecule has 0 bridgehead atoms. The molecule has 1 atom stereocenters. The maximum atomic E-state index is 12.4. The molecule has 1 amide bonds. The van der Waals surface area contributed by atoms with Crippen molar-refractivity contribution in [3.8, 4) is 0 Å². The third-order valence-electron chi connectivity index (χ3n) is 4.22. The summed E-state index contributed by atoms with van der Waals surface area (Å²) in [5.41, 5.74) is 5.14. The van der Waals surface area contributed by atoms with Crippen LogP contribution in [0.25, 0.3) is 0 Å². The summed E-state index contributed by atoms with van der Waals surface area (Å²) in [6.07, 6.45) is 4.48. The molecule has 3 rings (SSSR count). The molecule has 3 heteroatoms. The van der Waals surface area contributed by atoms with Gasteiger partial charge >= 0.3 is 0 Å². The Hall–Kier alpha value is -2.13. The van der Waals surface area contributed by atoms with Gasteiger partial charge in [0.1, 0.15) is 0 Å². The highest BCUT2D eigenvalue weighted by molar-refractivity contribution is 5.93. The minimum atomic E-state index is -0.0134. The van der Waals surface area contributed by atoms with Crippen LogP contribution < -0.4 is 5.43 Å². The van der Waals surface area contributed by atoms with E-state index in [1.807, 2.05) is 36.4 Å². The van der Waals surface area contributed by atoms with Crippen LogP contribution in [0.1, 0.15) is 35.2 Å². The number of rotatable bonds is 4. The van der Waals surface area contributed by atoms with E-state index < -0.39 is 0 Å². The van der Waals surface area contributed by atoms with Gasteiger partial charge in [0.25, 0.3) is 5.91 Å². The summed E-state index contributed by atoms with van der Waals surface area (Å²) >= 11 is 0. The molecule has 0 aliphatic carbocycles. The zero-order valence-corrected chi connectivity index (χ0v) is 12.7. The molecule has 114 valence electrons. The number of carbonyl (C=O) groups excluding carboxylic acids is 1. The van der Waals surface area contributed by atoms with Gasteiger partial charge < -0.3 is 0 Å². The minimum absolute atomic E-state index is 0.0134. The third kappa shape index (κ3) is 3.74. The third-order valence-corrected chi connectivity index (χ3v) is 4.22. The Morgan fingerprint density at radius 3 is 2.41 bits per heavy atom. The second-order valence-corrected chi connectivity index (χ2v) is 5.84. The lowest BCUT2D eigenvalue weighted by molar-refractivity contribution is 0.0573. The van der Waals surface area contributed by atoms with Crippen LogP contribution in [0.15, 0.2) is 60.7 Å². The van der Waals surface area contributed by atoms with Gasteiger partial charge in [-0.15, -0.1) is 0 Å². The van der Waals surface area contributed by atoms with Crippen LogP contribution in [0, 0.1) is 0 Å². The Bertz CT molecular complexity index is 597. The van der Waals surface area contributed by atoms with Gasteiger partial charge in [-0.3, -0.25) is 10.2 Å². The average Bonchev–Trinajstić information content (AvgIpc) is 2.58. The van der Waals surface area contributed by atoms with E-state index in [0.29, 0.717) is 11.6 Å². The van der Waals surface area contributed by atoms with E-state index in [2.05, 4.69) is 34.7 Å². The van der Waals surface area contributed by atoms with Crippen LogP contribution >= 0.6 is 0 Å². The average molecular weight is 294 g/mol. The number of hydrogen-bond donors (Lipinski definition) is 1. The quantitative estimate of drug-likeness (QED) is 0.937. The lowest BCUT2D eigenvalue weighted by Crippen LogP contribution is -2.51. The molecule has 1 fully saturated rings. The maximum absolute atomic E-state index is 12.4. The summed E-state index contributed by atoms with van der Waals surface area (Å²) in [4.78, 5) is 12.4. The van der Waals surface area contributed by atoms with Crippen LogP contribution in [0.2, 0.25) is 0 Å². The maximum Gasteiger partial charge on any atom is 0.265 e. The summed E-state index contributed by atoms with van der Waals surface area (Å²) in [6, 6.07) is 20.3. The first-order valence-electron chi connectivity index (χ1n) is 7.99. The van der Waals surface area contributed by atoms with Gasteiger partial charge in [0.15, 0.2) is 0 Å². The standard InChI is InChI=1S/C19H22N2O/c22-19(17-11-5-2-6-12-17)20-21-14-8-7-13-18(21)15-16-9-3-1-4-10-16/h1-6,9-12,18H,7-8,13-15H2,(H,20,22). The number of piperidine rings is 1. The number of amides is 1. The second kappa shape index (κ2) is 7.23. The van der Waals surface area contributed by atoms with Crippen molar-refractivity contribution in [3.63, 3.8) is 0 Å². The fourth-order valence-electron chi connectivity index (χ4n) is 3.03. The molecule has 0 saturated carbocycles. The van der Waals surface area contributed by atoms with E-state index in [1.54, 1.807) is 0 Å². The summed E-state index contributed by atoms with van der Waals surface area (Å²) in [6.45, 7) is 0.927. The fourth-order valence-corrected chi connectivity index (χ4v) is 3.03. The molecule has 1 N–H and O–H groups in total. The lowest BCUT2D eigenvalue weighted by Gasteiger charge is -2.35. The highest BCUT2D eigenvalue weighted by Crippen LogP contribution is 2.19. The number of hydrazine groups is 1. The van der Waals surface area contributed by atoms with Crippen molar-refractivity contribution in [2.24, 2.45) is 0 Å². The van der Waals surface area contributed by atoms with Gasteiger partial charge in [0, 0.05) is 18.2 Å². The van der Waals surface area contributed by atoms with Crippen molar-refractivity contribution in [3.05, 3.63) is 71.8 Å². The molecule has 1 heterocycles. The minimum Gasteiger partial charge on any atom is -0.285 e. The van der Waals surface area contributed by atoms with Crippen molar-refractivity contribution in [1.82, 2.24) is 10.4 Å². The van der Waals surface area contributed by atoms with E-state index in [4.69, 9.17) is 0 Å². The largest absolute Gasteiger partial charge is 0.285 e. The molecule has 3 nitrogen and oxygen atoms in total. The van der Waals surface area contributed by atoms with E-state index in [0.717, 1.165) is 25.8 Å². The van der Waals surface area contributed by atoms with Crippen molar-refractivity contribution in [2.45, 2.75) is 31.7 Å². The number of carbonyl (C=O) groups is 1. The fraction of sp³-hybridized carbons (Fsp3) is 0.316. The number of nitrogens with one attached hydrogen (secondary N) is 1. The number of nitrogens with zero attached hydrogens (tertiary/aromatic N) is 1. The van der Waals surface area contributed by atoms with Crippen molar-refractivity contribution in [2.75, 3.05) is 6.54 Å². The van der Waals surface area contributed by atoms with Gasteiger partial charge in [-0.2, -0.15) is 0 Å². The predicted octanol–water partition coefficient (Wildman–Crippen LogP) is 3.43. The molecular weight excluding hydrogens is 272 g/mol. The normalized spacial score (nSPS) is 18.8. The van der Waals surface area contributed by atoms with E-state index in [-0.39, 0.29) is 5.91 Å². The van der Waals surface area contributed by atoms with E-state index in [1.165, 1.54) is 12.0 Å². The Labute approximate surface area is 131 Å². The summed E-state index contributed by atoms with van der Waals surface area (Å²) < 4.78 is 0. The van der Waals surface area contributed by atoms with Crippen LogP contribution in [-0.2, 0) is 6.42 Å². The Kier molecular flexibility index (Phi) is 4.86. The molecule has 1 unspecified atom stereocenters. The molecule has 1 saturated heterocycles. The first-order chi connectivity index (χ1) is 10.8. The first-order valence-corrected chi connectivity index (χ1v) is 7.99. The predicted molar refractivity (Wildman–Crippen MR) is 88.4 cm³/mol. The van der Waals surface area contributed by atoms with Gasteiger partial charge in [-0.05, 0) is 37.0 Å². The molecule has 0 spiro atoms. The SMILES string of the molecule is O=C(NN1CCCCC1Cc1ccccc1)c1ccccc1. The van der Waals surface area contributed by atoms with Gasteiger partial charge in [-0.1, -0.05) is 55.0 Å². The van der Waals surface area contributed by atoms with Crippen LogP contribution in [0.5, 0.6) is 0 Å². The molecule has 22 heavy (non-hydrogen) atoms. The zero-order valence-electron chi connectivity index (χ0n) is 12.7. The molecule has 0 aromatic heterocycles. The molecule has 2 aromatic carbocycles. The van der Waals surface area contributed by atoms with E-state index >= 15 is 0 Å². The molecule has 2 aromatic rings. The Balaban J connectivity index is 1.66. The van der Waals surface area contributed by atoms with Crippen LogP contribution in [0.3, 0.4) is 0 Å². The zero-order chi connectivity index (χ0) is 15.2. The van der Waals surface area contributed by atoms with Crippen LogP contribution in [-0.4, -0.2) is 23.5 Å². The summed E-state index contributed by atoms with van der Waals surface area (Å²) in [7, 11) is 0. The summed E-state index contributed by atoms with van der Waals surface area (Å²) in [5, 5.41) is 2.13. The Morgan fingerprint density at radius 1 is 1.00 bits per heavy atom. The highest BCUT2D eigenvalue weighted by atomic mass is 16.2. The highest BCUT2D eigenvalue weighted by Gasteiger charge is 2.24. The molecular formula is C19H22N2O. The number of hydrogen-bond acceptors (Lipinski definition) is 2. The molecule has 1 aliphatic heterocycles. The lowest BCUT2D eigenvalue weighted by atomic mass is 9.97. The van der Waals surface area contributed by atoms with Gasteiger partial charge in [-0.25, -0.2) is 5.01 Å². The van der Waals surface area contributed by atoms with Crippen LogP contribution in [0.4, 0.5) is 0 Å². The topological polar surface area (TPSA) is 32.3 Å². The van der Waals surface area contributed by atoms with Gasteiger partial charge in [0.05, 0.1) is 0 Å². The number of benzene rings is 2. The van der Waals surface area contributed by atoms with Gasteiger partial charge in [0.2, 0.25) is 0 Å². The molecule has 1 aliphatic rings. The first kappa shape index (κ1) is 14.8. The Morgan fingerprint density at radius 2 is 1.68 bits per heavy atom.